The summed E-state index contributed by atoms with van der Waals surface area (Å²) in [7, 11) is 0. The molecule has 2 aromatic rings. The summed E-state index contributed by atoms with van der Waals surface area (Å²) in [5.41, 5.74) is 0.741. The molecule has 0 spiro atoms. The van der Waals surface area contributed by atoms with Crippen molar-refractivity contribution in [3.63, 3.8) is 0 Å². The van der Waals surface area contributed by atoms with Crippen LogP contribution in [0.25, 0.3) is 0 Å². The van der Waals surface area contributed by atoms with Gasteiger partial charge in [-0.1, -0.05) is 0 Å². The van der Waals surface area contributed by atoms with Crippen LogP contribution in [0.1, 0.15) is 18.5 Å². The van der Waals surface area contributed by atoms with Crippen molar-refractivity contribution >= 4 is 11.6 Å². The van der Waals surface area contributed by atoms with Crippen LogP contribution in [-0.2, 0) is 6.54 Å². The van der Waals surface area contributed by atoms with E-state index in [0.29, 0.717) is 13.1 Å². The van der Waals surface area contributed by atoms with Gasteiger partial charge in [-0.3, -0.25) is 4.79 Å². The second kappa shape index (κ2) is 6.55. The first-order chi connectivity index (χ1) is 10.7. The number of hydrogen-bond donors (Lipinski definition) is 1. The number of rotatable bonds is 5. The lowest BCUT2D eigenvalue weighted by molar-refractivity contribution is 0.589. The third-order valence-electron chi connectivity index (χ3n) is 3.71. The fraction of sp³-hybridized carbons (Fsp3) is 0.467. The van der Waals surface area contributed by atoms with E-state index in [1.165, 1.54) is 17.5 Å². The highest BCUT2D eigenvalue weighted by atomic mass is 16.1. The average molecular weight is 300 g/mol. The predicted octanol–water partition coefficient (Wildman–Crippen LogP) is 1.05. The van der Waals surface area contributed by atoms with Crippen LogP contribution in [0.4, 0.5) is 11.6 Å². The van der Waals surface area contributed by atoms with E-state index in [-0.39, 0.29) is 5.56 Å². The predicted molar refractivity (Wildman–Crippen MR) is 85.2 cm³/mol. The van der Waals surface area contributed by atoms with Gasteiger partial charge in [0.1, 0.15) is 18.0 Å². The average Bonchev–Trinajstić information content (AvgIpc) is 3.05. The molecule has 0 bridgehead atoms. The lowest BCUT2D eigenvalue weighted by Crippen LogP contribution is -2.26. The summed E-state index contributed by atoms with van der Waals surface area (Å²) in [5, 5.41) is 7.43. The SMILES string of the molecule is Cc1ccc(=O)n(CCNc2cc(N3CCCC3)ncn2)n1. The molecule has 3 rings (SSSR count). The lowest BCUT2D eigenvalue weighted by Gasteiger charge is -2.16. The quantitative estimate of drug-likeness (QED) is 0.889. The van der Waals surface area contributed by atoms with Crippen LogP contribution in [0, 0.1) is 6.92 Å². The second-order valence-electron chi connectivity index (χ2n) is 5.42. The van der Waals surface area contributed by atoms with Crippen LogP contribution in [-0.4, -0.2) is 39.4 Å². The molecule has 2 aromatic heterocycles. The van der Waals surface area contributed by atoms with Gasteiger partial charge in [0.15, 0.2) is 0 Å². The van der Waals surface area contributed by atoms with Gasteiger partial charge in [-0.05, 0) is 25.8 Å². The standard InChI is InChI=1S/C15H20N6O/c1-12-4-5-15(22)21(19-12)9-6-16-13-10-14(18-11-17-13)20-7-2-3-8-20/h4-5,10-11H,2-3,6-9H2,1H3,(H,16,17,18). The van der Waals surface area contributed by atoms with E-state index in [2.05, 4.69) is 25.3 Å². The summed E-state index contributed by atoms with van der Waals surface area (Å²) in [6.45, 7) is 5.07. The molecule has 0 amide bonds. The summed E-state index contributed by atoms with van der Waals surface area (Å²) in [6, 6.07) is 5.22. The van der Waals surface area contributed by atoms with Gasteiger partial charge < -0.3 is 10.2 Å². The Morgan fingerprint density at radius 3 is 2.86 bits per heavy atom. The van der Waals surface area contributed by atoms with Gasteiger partial charge in [0.25, 0.3) is 5.56 Å². The fourth-order valence-electron chi connectivity index (χ4n) is 2.56. The highest BCUT2D eigenvalue weighted by Gasteiger charge is 2.13. The van der Waals surface area contributed by atoms with Crippen molar-refractivity contribution in [3.8, 4) is 0 Å². The Balaban J connectivity index is 1.60. The van der Waals surface area contributed by atoms with Gasteiger partial charge in [-0.2, -0.15) is 5.10 Å². The second-order valence-corrected chi connectivity index (χ2v) is 5.42. The molecule has 7 heteroatoms. The number of nitrogens with one attached hydrogen (secondary N) is 1. The van der Waals surface area contributed by atoms with Gasteiger partial charge in [0.2, 0.25) is 0 Å². The zero-order valence-corrected chi connectivity index (χ0v) is 12.7. The van der Waals surface area contributed by atoms with Gasteiger partial charge >= 0.3 is 0 Å². The minimum Gasteiger partial charge on any atom is -0.368 e. The fourth-order valence-corrected chi connectivity index (χ4v) is 2.56. The molecule has 0 unspecified atom stereocenters. The largest absolute Gasteiger partial charge is 0.368 e. The lowest BCUT2D eigenvalue weighted by atomic mass is 10.4. The molecule has 1 N–H and O–H groups in total. The highest BCUT2D eigenvalue weighted by Crippen LogP contribution is 2.18. The van der Waals surface area contributed by atoms with Crippen molar-refractivity contribution in [1.82, 2.24) is 19.7 Å². The molecule has 1 saturated heterocycles. The van der Waals surface area contributed by atoms with E-state index in [0.717, 1.165) is 30.4 Å². The zero-order valence-electron chi connectivity index (χ0n) is 12.7. The van der Waals surface area contributed by atoms with Crippen LogP contribution in [0.2, 0.25) is 0 Å². The molecule has 1 aliphatic heterocycles. The van der Waals surface area contributed by atoms with E-state index in [4.69, 9.17) is 0 Å². The summed E-state index contributed by atoms with van der Waals surface area (Å²) in [5.74, 6) is 1.73. The minimum absolute atomic E-state index is 0.0900. The summed E-state index contributed by atoms with van der Waals surface area (Å²) in [4.78, 5) is 22.5. The van der Waals surface area contributed by atoms with Crippen molar-refractivity contribution < 1.29 is 0 Å². The van der Waals surface area contributed by atoms with E-state index in [1.807, 2.05) is 13.0 Å². The maximum absolute atomic E-state index is 11.7. The van der Waals surface area contributed by atoms with Crippen molar-refractivity contribution in [2.75, 3.05) is 29.9 Å². The number of aryl methyl sites for hydroxylation is 1. The van der Waals surface area contributed by atoms with Crippen LogP contribution in [0.5, 0.6) is 0 Å². The van der Waals surface area contributed by atoms with E-state index < -0.39 is 0 Å². The minimum atomic E-state index is -0.0900. The molecule has 0 saturated carbocycles. The van der Waals surface area contributed by atoms with E-state index >= 15 is 0 Å². The maximum Gasteiger partial charge on any atom is 0.266 e. The molecule has 1 fully saturated rings. The third-order valence-corrected chi connectivity index (χ3v) is 3.71. The van der Waals surface area contributed by atoms with Crippen molar-refractivity contribution in [1.29, 1.82) is 0 Å². The van der Waals surface area contributed by atoms with Gasteiger partial charge in [0.05, 0.1) is 12.2 Å². The molecule has 7 nitrogen and oxygen atoms in total. The first-order valence-corrected chi connectivity index (χ1v) is 7.58. The Bertz CT molecular complexity index is 692. The Morgan fingerprint density at radius 1 is 1.23 bits per heavy atom. The molecule has 1 aliphatic rings. The van der Waals surface area contributed by atoms with Crippen LogP contribution in [0.15, 0.2) is 29.3 Å². The molecular weight excluding hydrogens is 280 g/mol. The highest BCUT2D eigenvalue weighted by molar-refractivity contribution is 5.48. The number of anilines is 2. The Kier molecular flexibility index (Phi) is 4.32. The summed E-state index contributed by atoms with van der Waals surface area (Å²) in [6.07, 6.45) is 4.01. The molecule has 0 radical (unpaired) electrons. The smallest absolute Gasteiger partial charge is 0.266 e. The van der Waals surface area contributed by atoms with E-state index in [9.17, 15) is 4.79 Å². The Labute approximate surface area is 129 Å². The van der Waals surface area contributed by atoms with E-state index in [1.54, 1.807) is 18.5 Å². The molecule has 0 aromatic carbocycles. The zero-order chi connectivity index (χ0) is 15.4. The van der Waals surface area contributed by atoms with Crippen molar-refractivity contribution in [2.24, 2.45) is 0 Å². The van der Waals surface area contributed by atoms with Gasteiger partial charge in [0, 0.05) is 31.8 Å². The maximum atomic E-state index is 11.7. The normalized spacial score (nSPS) is 14.3. The molecule has 0 atom stereocenters. The van der Waals surface area contributed by atoms with Gasteiger partial charge in [-0.25, -0.2) is 14.6 Å². The Morgan fingerprint density at radius 2 is 2.05 bits per heavy atom. The molecule has 116 valence electrons. The van der Waals surface area contributed by atoms with Gasteiger partial charge in [-0.15, -0.1) is 0 Å². The summed E-state index contributed by atoms with van der Waals surface area (Å²) < 4.78 is 1.46. The Hall–Kier alpha value is -2.44. The molecule has 3 heterocycles. The van der Waals surface area contributed by atoms with Crippen molar-refractivity contribution in [2.45, 2.75) is 26.3 Å². The van der Waals surface area contributed by atoms with Crippen molar-refractivity contribution in [3.05, 3.63) is 40.6 Å². The molecule has 0 aliphatic carbocycles. The first-order valence-electron chi connectivity index (χ1n) is 7.58. The number of aromatic nitrogens is 4. The summed E-state index contributed by atoms with van der Waals surface area (Å²) >= 11 is 0. The number of hydrogen-bond acceptors (Lipinski definition) is 6. The monoisotopic (exact) mass is 300 g/mol. The molecule has 22 heavy (non-hydrogen) atoms. The van der Waals surface area contributed by atoms with Crippen LogP contribution >= 0.6 is 0 Å². The van der Waals surface area contributed by atoms with Crippen LogP contribution < -0.4 is 15.8 Å². The molecular formula is C15H20N6O. The third kappa shape index (κ3) is 3.41. The number of nitrogens with zero attached hydrogens (tertiary/aromatic N) is 5. The first kappa shape index (κ1) is 14.5. The van der Waals surface area contributed by atoms with Crippen LogP contribution in [0.3, 0.4) is 0 Å². The topological polar surface area (TPSA) is 75.9 Å².